The van der Waals surface area contributed by atoms with E-state index in [1.807, 2.05) is 0 Å². The van der Waals surface area contributed by atoms with Gasteiger partial charge in [0.2, 0.25) is 0 Å². The molecule has 1 N–H and O–H groups in total. The molecule has 0 fully saturated rings. The molecular weight excluding hydrogens is 216 g/mol. The third kappa shape index (κ3) is 9.42. The fraction of sp³-hybridized carbons (Fsp3) is 0.800. The first-order valence-electron chi connectivity index (χ1n) is 4.85. The van der Waals surface area contributed by atoms with Gasteiger partial charge in [0.15, 0.2) is 12.2 Å². The van der Waals surface area contributed by atoms with E-state index >= 15 is 0 Å². The number of rotatable bonds is 5. The molecule has 6 heteroatoms. The van der Waals surface area contributed by atoms with Crippen molar-refractivity contribution in [3.8, 4) is 0 Å². The van der Waals surface area contributed by atoms with Crippen LogP contribution in [0.4, 0.5) is 0 Å². The van der Waals surface area contributed by atoms with E-state index in [9.17, 15) is 9.59 Å². The number of esters is 1. The standard InChI is InChI=1S/C6H12O3.C4H8O3/c1-4-9-6(7)5(2)8-3;1-3(7-2)4(5)6/h5H,4H2,1-3H3;3H,1-2H3,(H,5,6). The summed E-state index contributed by atoms with van der Waals surface area (Å²) in [6.07, 6.45) is -1.12. The lowest BCUT2D eigenvalue weighted by Crippen LogP contribution is -2.21. The molecule has 0 rings (SSSR count). The van der Waals surface area contributed by atoms with E-state index in [0.717, 1.165) is 0 Å². The monoisotopic (exact) mass is 236 g/mol. The summed E-state index contributed by atoms with van der Waals surface area (Å²) in [5.41, 5.74) is 0. The summed E-state index contributed by atoms with van der Waals surface area (Å²) in [5, 5.41) is 8.06. The van der Waals surface area contributed by atoms with Gasteiger partial charge in [0.05, 0.1) is 6.61 Å². The Bertz CT molecular complexity index is 203. The highest BCUT2D eigenvalue weighted by Gasteiger charge is 2.10. The second kappa shape index (κ2) is 10.4. The van der Waals surface area contributed by atoms with Gasteiger partial charge in [-0.3, -0.25) is 0 Å². The molecule has 2 unspecified atom stereocenters. The lowest BCUT2D eigenvalue weighted by atomic mass is 10.4. The van der Waals surface area contributed by atoms with Crippen LogP contribution >= 0.6 is 0 Å². The summed E-state index contributed by atoms with van der Waals surface area (Å²) in [6.45, 7) is 5.30. The number of carboxylic acid groups (broad SMARTS) is 1. The lowest BCUT2D eigenvalue weighted by Gasteiger charge is -2.06. The number of carbonyl (C=O) groups excluding carboxylic acids is 1. The predicted molar refractivity (Wildman–Crippen MR) is 57.2 cm³/mol. The summed E-state index contributed by atoms with van der Waals surface area (Å²) in [4.78, 5) is 20.4. The second-order valence-electron chi connectivity index (χ2n) is 2.85. The maximum atomic E-state index is 10.6. The summed E-state index contributed by atoms with van der Waals surface area (Å²) in [7, 11) is 2.83. The number of aliphatic carboxylic acids is 1. The van der Waals surface area contributed by atoms with Crippen LogP contribution in [0.2, 0.25) is 0 Å². The van der Waals surface area contributed by atoms with Crippen LogP contribution in [0.25, 0.3) is 0 Å². The van der Waals surface area contributed by atoms with Gasteiger partial charge >= 0.3 is 11.9 Å². The van der Waals surface area contributed by atoms with Gasteiger partial charge in [0.1, 0.15) is 0 Å². The van der Waals surface area contributed by atoms with Crippen molar-refractivity contribution in [2.45, 2.75) is 33.0 Å². The van der Waals surface area contributed by atoms with Crippen LogP contribution in [0, 0.1) is 0 Å². The van der Waals surface area contributed by atoms with Crippen LogP contribution in [0.5, 0.6) is 0 Å². The molecule has 0 radical (unpaired) electrons. The van der Waals surface area contributed by atoms with Crippen LogP contribution in [-0.2, 0) is 23.8 Å². The van der Waals surface area contributed by atoms with Gasteiger partial charge in [-0.25, -0.2) is 9.59 Å². The molecule has 0 aromatic carbocycles. The van der Waals surface area contributed by atoms with Crippen molar-refractivity contribution in [1.82, 2.24) is 0 Å². The van der Waals surface area contributed by atoms with Crippen LogP contribution < -0.4 is 0 Å². The minimum atomic E-state index is -0.928. The third-order valence-corrected chi connectivity index (χ3v) is 1.67. The van der Waals surface area contributed by atoms with Gasteiger partial charge < -0.3 is 19.3 Å². The molecule has 16 heavy (non-hydrogen) atoms. The summed E-state index contributed by atoms with van der Waals surface area (Å²) in [6, 6.07) is 0. The van der Waals surface area contributed by atoms with Gasteiger partial charge in [-0.2, -0.15) is 0 Å². The maximum Gasteiger partial charge on any atom is 0.334 e. The van der Waals surface area contributed by atoms with Gasteiger partial charge in [-0.1, -0.05) is 0 Å². The lowest BCUT2D eigenvalue weighted by molar-refractivity contribution is -0.153. The van der Waals surface area contributed by atoms with Crippen molar-refractivity contribution in [3.05, 3.63) is 0 Å². The highest BCUT2D eigenvalue weighted by molar-refractivity contribution is 5.74. The normalized spacial score (nSPS) is 13.1. The first kappa shape index (κ1) is 17.3. The van der Waals surface area contributed by atoms with Crippen molar-refractivity contribution in [2.75, 3.05) is 20.8 Å². The number of hydrogen-bond donors (Lipinski definition) is 1. The van der Waals surface area contributed by atoms with Gasteiger partial charge in [0.25, 0.3) is 0 Å². The third-order valence-electron chi connectivity index (χ3n) is 1.67. The Morgan fingerprint density at radius 3 is 1.75 bits per heavy atom. The minimum absolute atomic E-state index is 0.306. The Morgan fingerprint density at radius 2 is 1.56 bits per heavy atom. The number of hydrogen-bond acceptors (Lipinski definition) is 5. The molecule has 96 valence electrons. The topological polar surface area (TPSA) is 82.1 Å². The summed E-state index contributed by atoms with van der Waals surface area (Å²) in [5.74, 6) is -1.23. The maximum absolute atomic E-state index is 10.6. The number of methoxy groups -OCH3 is 2. The Kier molecular flexibility index (Phi) is 11.2. The van der Waals surface area contributed by atoms with E-state index in [2.05, 4.69) is 14.2 Å². The fourth-order valence-corrected chi connectivity index (χ4v) is 0.457. The Balaban J connectivity index is 0. The molecule has 0 spiro atoms. The highest BCUT2D eigenvalue weighted by Crippen LogP contribution is 1.90. The Morgan fingerprint density at radius 1 is 1.12 bits per heavy atom. The zero-order valence-corrected chi connectivity index (χ0v) is 10.4. The van der Waals surface area contributed by atoms with Gasteiger partial charge in [0, 0.05) is 14.2 Å². The van der Waals surface area contributed by atoms with Crippen LogP contribution in [0.1, 0.15) is 20.8 Å². The average molecular weight is 236 g/mol. The molecule has 0 saturated heterocycles. The molecular formula is C10H20O6. The highest BCUT2D eigenvalue weighted by atomic mass is 16.6. The van der Waals surface area contributed by atoms with Crippen LogP contribution in [0.3, 0.4) is 0 Å². The van der Waals surface area contributed by atoms with Gasteiger partial charge in [-0.05, 0) is 20.8 Å². The predicted octanol–water partition coefficient (Wildman–Crippen LogP) is 0.690. The average Bonchev–Trinajstić information content (AvgIpc) is 2.27. The number of ether oxygens (including phenoxy) is 3. The molecule has 0 saturated carbocycles. The van der Waals surface area contributed by atoms with E-state index in [1.165, 1.54) is 21.1 Å². The molecule has 0 heterocycles. The SMILES string of the molecule is CCOC(=O)C(C)OC.COC(C)C(=O)O. The fourth-order valence-electron chi connectivity index (χ4n) is 0.457. The van der Waals surface area contributed by atoms with E-state index < -0.39 is 18.2 Å². The number of carbonyl (C=O) groups is 2. The van der Waals surface area contributed by atoms with Gasteiger partial charge in [-0.15, -0.1) is 0 Å². The smallest absolute Gasteiger partial charge is 0.334 e. The largest absolute Gasteiger partial charge is 0.479 e. The van der Waals surface area contributed by atoms with Crippen molar-refractivity contribution in [2.24, 2.45) is 0 Å². The minimum Gasteiger partial charge on any atom is -0.479 e. The molecule has 0 aliphatic heterocycles. The van der Waals surface area contributed by atoms with Crippen molar-refractivity contribution >= 4 is 11.9 Å². The summed E-state index contributed by atoms with van der Waals surface area (Å²) < 4.78 is 13.7. The Labute approximate surface area is 95.5 Å². The quantitative estimate of drug-likeness (QED) is 0.707. The van der Waals surface area contributed by atoms with Crippen LogP contribution in [-0.4, -0.2) is 50.1 Å². The number of carboxylic acids is 1. The molecule has 6 nitrogen and oxygen atoms in total. The molecule has 0 amide bonds. The molecule has 0 bridgehead atoms. The van der Waals surface area contributed by atoms with E-state index in [4.69, 9.17) is 5.11 Å². The first-order valence-corrected chi connectivity index (χ1v) is 4.85. The van der Waals surface area contributed by atoms with Crippen molar-refractivity contribution in [1.29, 1.82) is 0 Å². The molecule has 0 aliphatic rings. The van der Waals surface area contributed by atoms with Crippen molar-refractivity contribution in [3.63, 3.8) is 0 Å². The summed E-state index contributed by atoms with van der Waals surface area (Å²) >= 11 is 0. The van der Waals surface area contributed by atoms with E-state index in [0.29, 0.717) is 6.61 Å². The molecule has 2 atom stereocenters. The Hall–Kier alpha value is -1.14. The van der Waals surface area contributed by atoms with Crippen LogP contribution in [0.15, 0.2) is 0 Å². The zero-order valence-electron chi connectivity index (χ0n) is 10.4. The van der Waals surface area contributed by atoms with E-state index in [1.54, 1.807) is 13.8 Å². The van der Waals surface area contributed by atoms with Crippen molar-refractivity contribution < 1.29 is 28.9 Å². The first-order chi connectivity index (χ1) is 7.40. The second-order valence-corrected chi connectivity index (χ2v) is 2.85. The van der Waals surface area contributed by atoms with E-state index in [-0.39, 0.29) is 5.97 Å². The molecule has 0 aromatic rings. The molecule has 0 aromatic heterocycles. The molecule has 0 aliphatic carbocycles. The zero-order chi connectivity index (χ0) is 13.1.